The van der Waals surface area contributed by atoms with Crippen molar-refractivity contribution in [1.82, 2.24) is 0 Å². The van der Waals surface area contributed by atoms with Crippen molar-refractivity contribution in [1.29, 1.82) is 5.26 Å². The van der Waals surface area contributed by atoms with Gasteiger partial charge in [0.25, 0.3) is 0 Å². The first-order valence-electron chi connectivity index (χ1n) is 5.25. The number of benzene rings is 1. The summed E-state index contributed by atoms with van der Waals surface area (Å²) in [5, 5.41) is 11.5. The maximum atomic E-state index is 11.5. The molecular formula is C13H14N2O2. The average Bonchev–Trinajstić information content (AvgIpc) is 2.35. The average molecular weight is 230 g/mol. The fourth-order valence-electron chi connectivity index (χ4n) is 1.21. The first kappa shape index (κ1) is 12.9. The number of amides is 1. The van der Waals surface area contributed by atoms with Crippen LogP contribution in [0.2, 0.25) is 0 Å². The summed E-state index contributed by atoms with van der Waals surface area (Å²) in [5.41, 5.74) is 0.944. The second kappa shape index (κ2) is 7.20. The minimum absolute atomic E-state index is 0.0202. The van der Waals surface area contributed by atoms with Crippen LogP contribution in [0.15, 0.2) is 36.9 Å². The highest BCUT2D eigenvalue weighted by molar-refractivity contribution is 5.92. The predicted octanol–water partition coefficient (Wildman–Crippen LogP) is 2.09. The van der Waals surface area contributed by atoms with Crippen LogP contribution in [0.1, 0.15) is 12.0 Å². The molecule has 1 N–H and O–H groups in total. The Hall–Kier alpha value is -2.12. The van der Waals surface area contributed by atoms with E-state index in [9.17, 15) is 4.79 Å². The minimum Gasteiger partial charge on any atom is -0.371 e. The summed E-state index contributed by atoms with van der Waals surface area (Å²) in [6.45, 7) is 4.00. The number of hydrogen-bond donors (Lipinski definition) is 1. The third-order valence-electron chi connectivity index (χ3n) is 2.02. The number of rotatable bonds is 6. The van der Waals surface area contributed by atoms with Crippen LogP contribution in [-0.4, -0.2) is 19.1 Å². The quantitative estimate of drug-likeness (QED) is 0.601. The second-order valence-electron chi connectivity index (χ2n) is 3.34. The van der Waals surface area contributed by atoms with Crippen LogP contribution in [-0.2, 0) is 9.53 Å². The van der Waals surface area contributed by atoms with Gasteiger partial charge in [0.2, 0.25) is 5.91 Å². The fraction of sp³-hybridized carbons (Fsp3) is 0.231. The van der Waals surface area contributed by atoms with Gasteiger partial charge in [0.05, 0.1) is 17.9 Å². The zero-order valence-electron chi connectivity index (χ0n) is 9.48. The third-order valence-corrected chi connectivity index (χ3v) is 2.02. The summed E-state index contributed by atoms with van der Waals surface area (Å²) >= 11 is 0. The van der Waals surface area contributed by atoms with Gasteiger partial charge in [-0.15, -0.1) is 6.58 Å². The standard InChI is InChI=1S/C13H14N2O2/c1-2-3-8-17-10-13(16)15-12-7-5-4-6-11(12)9-14/h2,4-7H,1,3,8,10H2,(H,15,16). The van der Waals surface area contributed by atoms with Crippen LogP contribution >= 0.6 is 0 Å². The largest absolute Gasteiger partial charge is 0.371 e. The molecule has 1 aromatic rings. The molecule has 17 heavy (non-hydrogen) atoms. The molecule has 4 heteroatoms. The maximum Gasteiger partial charge on any atom is 0.250 e. The molecule has 0 radical (unpaired) electrons. The molecule has 1 amide bonds. The number of anilines is 1. The molecule has 0 heterocycles. The van der Waals surface area contributed by atoms with Crippen molar-refractivity contribution in [2.24, 2.45) is 0 Å². The summed E-state index contributed by atoms with van der Waals surface area (Å²) in [4.78, 5) is 11.5. The molecule has 0 saturated carbocycles. The molecule has 0 spiro atoms. The van der Waals surface area contributed by atoms with Gasteiger partial charge in [-0.2, -0.15) is 5.26 Å². The molecule has 4 nitrogen and oxygen atoms in total. The molecular weight excluding hydrogens is 216 g/mol. The van der Waals surface area contributed by atoms with Gasteiger partial charge < -0.3 is 10.1 Å². The van der Waals surface area contributed by atoms with Crippen LogP contribution in [0, 0.1) is 11.3 Å². The topological polar surface area (TPSA) is 62.1 Å². The Morgan fingerprint density at radius 2 is 2.29 bits per heavy atom. The third kappa shape index (κ3) is 4.49. The molecule has 0 atom stereocenters. The summed E-state index contributed by atoms with van der Waals surface area (Å²) in [6.07, 6.45) is 2.44. The van der Waals surface area contributed by atoms with Gasteiger partial charge in [-0.3, -0.25) is 4.79 Å². The molecule has 0 aliphatic heterocycles. The van der Waals surface area contributed by atoms with Crippen molar-refractivity contribution in [3.63, 3.8) is 0 Å². The molecule has 0 fully saturated rings. The first-order chi connectivity index (χ1) is 8.27. The van der Waals surface area contributed by atoms with E-state index in [0.29, 0.717) is 24.3 Å². The molecule has 1 aromatic carbocycles. The molecule has 0 aliphatic carbocycles. The highest BCUT2D eigenvalue weighted by Crippen LogP contribution is 2.13. The normalized spacial score (nSPS) is 9.35. The lowest BCUT2D eigenvalue weighted by Gasteiger charge is -2.06. The van der Waals surface area contributed by atoms with Crippen LogP contribution in [0.3, 0.4) is 0 Å². The lowest BCUT2D eigenvalue weighted by Crippen LogP contribution is -2.19. The molecule has 0 aromatic heterocycles. The van der Waals surface area contributed by atoms with Gasteiger partial charge >= 0.3 is 0 Å². The smallest absolute Gasteiger partial charge is 0.250 e. The summed E-state index contributed by atoms with van der Waals surface area (Å²) in [7, 11) is 0. The molecule has 0 aliphatic rings. The lowest BCUT2D eigenvalue weighted by molar-refractivity contribution is -0.120. The SMILES string of the molecule is C=CCCOCC(=O)Nc1ccccc1C#N. The summed E-state index contributed by atoms with van der Waals surface area (Å²) < 4.78 is 5.12. The zero-order valence-corrected chi connectivity index (χ0v) is 9.48. The van der Waals surface area contributed by atoms with Gasteiger partial charge in [0, 0.05) is 0 Å². The van der Waals surface area contributed by atoms with Crippen molar-refractivity contribution in [2.45, 2.75) is 6.42 Å². The van der Waals surface area contributed by atoms with E-state index in [0.717, 1.165) is 0 Å². The first-order valence-corrected chi connectivity index (χ1v) is 5.25. The minimum atomic E-state index is -0.267. The fourth-order valence-corrected chi connectivity index (χ4v) is 1.21. The van der Waals surface area contributed by atoms with E-state index >= 15 is 0 Å². The second-order valence-corrected chi connectivity index (χ2v) is 3.34. The van der Waals surface area contributed by atoms with E-state index in [2.05, 4.69) is 11.9 Å². The molecule has 88 valence electrons. The van der Waals surface area contributed by atoms with E-state index in [1.165, 1.54) is 0 Å². The zero-order chi connectivity index (χ0) is 12.5. The Bertz CT molecular complexity index is 435. The van der Waals surface area contributed by atoms with Gasteiger partial charge in [-0.05, 0) is 18.6 Å². The van der Waals surface area contributed by atoms with Gasteiger partial charge in [-0.1, -0.05) is 18.2 Å². The van der Waals surface area contributed by atoms with Crippen LogP contribution < -0.4 is 5.32 Å². The van der Waals surface area contributed by atoms with Gasteiger partial charge in [-0.25, -0.2) is 0 Å². The van der Waals surface area contributed by atoms with E-state index in [4.69, 9.17) is 10.00 Å². The van der Waals surface area contributed by atoms with Crippen molar-refractivity contribution in [3.8, 4) is 6.07 Å². The number of nitriles is 1. The predicted molar refractivity (Wildman–Crippen MR) is 65.4 cm³/mol. The molecule has 0 bridgehead atoms. The highest BCUT2D eigenvalue weighted by Gasteiger charge is 2.05. The number of para-hydroxylation sites is 1. The molecule has 0 unspecified atom stereocenters. The van der Waals surface area contributed by atoms with E-state index in [-0.39, 0.29) is 12.5 Å². The number of hydrogen-bond acceptors (Lipinski definition) is 3. The number of ether oxygens (including phenoxy) is 1. The van der Waals surface area contributed by atoms with E-state index in [1.807, 2.05) is 6.07 Å². The summed E-state index contributed by atoms with van der Waals surface area (Å²) in [5.74, 6) is -0.267. The Kier molecular flexibility index (Phi) is 5.49. The van der Waals surface area contributed by atoms with E-state index < -0.39 is 0 Å². The Balaban J connectivity index is 2.45. The number of carbonyl (C=O) groups is 1. The van der Waals surface area contributed by atoms with E-state index in [1.54, 1.807) is 30.3 Å². The Labute approximate surface area is 101 Å². The van der Waals surface area contributed by atoms with Crippen LogP contribution in [0.5, 0.6) is 0 Å². The highest BCUT2D eigenvalue weighted by atomic mass is 16.5. The number of nitrogens with one attached hydrogen (secondary N) is 1. The van der Waals surface area contributed by atoms with Crippen molar-refractivity contribution < 1.29 is 9.53 Å². The van der Waals surface area contributed by atoms with Crippen LogP contribution in [0.4, 0.5) is 5.69 Å². The number of carbonyl (C=O) groups excluding carboxylic acids is 1. The van der Waals surface area contributed by atoms with Crippen molar-refractivity contribution in [2.75, 3.05) is 18.5 Å². The lowest BCUT2D eigenvalue weighted by atomic mass is 10.2. The maximum absolute atomic E-state index is 11.5. The van der Waals surface area contributed by atoms with Crippen molar-refractivity contribution in [3.05, 3.63) is 42.5 Å². The Morgan fingerprint density at radius 1 is 1.53 bits per heavy atom. The Morgan fingerprint density at radius 3 is 3.00 bits per heavy atom. The van der Waals surface area contributed by atoms with Crippen LogP contribution in [0.25, 0.3) is 0 Å². The molecule has 0 saturated heterocycles. The molecule has 1 rings (SSSR count). The van der Waals surface area contributed by atoms with Gasteiger partial charge in [0.15, 0.2) is 0 Å². The summed E-state index contributed by atoms with van der Waals surface area (Å²) in [6, 6.07) is 8.84. The number of nitrogens with zero attached hydrogens (tertiary/aromatic N) is 1. The van der Waals surface area contributed by atoms with Gasteiger partial charge in [0.1, 0.15) is 12.7 Å². The monoisotopic (exact) mass is 230 g/mol. The van der Waals surface area contributed by atoms with Crippen molar-refractivity contribution >= 4 is 11.6 Å².